The van der Waals surface area contributed by atoms with Crippen LogP contribution in [0.15, 0.2) is 36.5 Å². The van der Waals surface area contributed by atoms with Crippen LogP contribution in [-0.2, 0) is 6.54 Å². The highest BCUT2D eigenvalue weighted by Gasteiger charge is 2.08. The quantitative estimate of drug-likeness (QED) is 0.891. The van der Waals surface area contributed by atoms with Gasteiger partial charge < -0.3 is 15.8 Å². The van der Waals surface area contributed by atoms with Gasteiger partial charge in [-0.1, -0.05) is 12.1 Å². The number of aromatic nitrogens is 1. The van der Waals surface area contributed by atoms with Crippen LogP contribution in [0.5, 0.6) is 11.5 Å². The summed E-state index contributed by atoms with van der Waals surface area (Å²) >= 11 is 0. The zero-order valence-electron chi connectivity index (χ0n) is 11.5. The third kappa shape index (κ3) is 3.13. The van der Waals surface area contributed by atoms with E-state index in [2.05, 4.69) is 10.3 Å². The maximum atomic E-state index is 11.5. The van der Waals surface area contributed by atoms with Gasteiger partial charge in [0.15, 0.2) is 0 Å². The van der Waals surface area contributed by atoms with E-state index in [9.17, 15) is 4.79 Å². The third-order valence-corrected chi connectivity index (χ3v) is 2.89. The van der Waals surface area contributed by atoms with Gasteiger partial charge in [-0.25, -0.2) is 0 Å². The van der Waals surface area contributed by atoms with Gasteiger partial charge >= 0.3 is 0 Å². The summed E-state index contributed by atoms with van der Waals surface area (Å²) in [5.41, 5.74) is 7.96. The highest BCUT2D eigenvalue weighted by atomic mass is 16.5. The molecule has 0 bridgehead atoms. The first-order valence-electron chi connectivity index (χ1n) is 6.29. The van der Waals surface area contributed by atoms with E-state index in [1.807, 2.05) is 25.1 Å². The number of rotatable bonds is 4. The van der Waals surface area contributed by atoms with Gasteiger partial charge in [0, 0.05) is 25.9 Å². The Morgan fingerprint density at radius 3 is 2.80 bits per heavy atom. The first-order valence-corrected chi connectivity index (χ1v) is 6.29. The Morgan fingerprint density at radius 1 is 1.35 bits per heavy atom. The van der Waals surface area contributed by atoms with E-state index < -0.39 is 0 Å². The first-order chi connectivity index (χ1) is 9.63. The molecule has 0 unspecified atom stereocenters. The molecule has 2 aromatic rings. The second-order valence-electron chi connectivity index (χ2n) is 4.36. The van der Waals surface area contributed by atoms with Crippen LogP contribution in [0.4, 0.5) is 0 Å². The SMILES string of the molecule is CNC(=O)c1cc(Oc2ccc(CN)cc2C)ccn1. The molecule has 20 heavy (non-hydrogen) atoms. The molecule has 2 rings (SSSR count). The van der Waals surface area contributed by atoms with Crippen molar-refractivity contribution in [2.45, 2.75) is 13.5 Å². The minimum Gasteiger partial charge on any atom is -0.457 e. The Labute approximate surface area is 117 Å². The molecule has 0 saturated carbocycles. The van der Waals surface area contributed by atoms with Crippen LogP contribution >= 0.6 is 0 Å². The number of nitrogens with two attached hydrogens (primary N) is 1. The van der Waals surface area contributed by atoms with Crippen LogP contribution in [0.2, 0.25) is 0 Å². The van der Waals surface area contributed by atoms with Gasteiger partial charge in [0.2, 0.25) is 0 Å². The number of nitrogens with one attached hydrogen (secondary N) is 1. The van der Waals surface area contributed by atoms with Crippen molar-refractivity contribution in [3.05, 3.63) is 53.3 Å². The summed E-state index contributed by atoms with van der Waals surface area (Å²) in [5.74, 6) is 1.06. The van der Waals surface area contributed by atoms with Gasteiger partial charge in [-0.15, -0.1) is 0 Å². The summed E-state index contributed by atoms with van der Waals surface area (Å²) in [5, 5.41) is 2.53. The molecule has 0 aliphatic carbocycles. The van der Waals surface area contributed by atoms with E-state index in [0.717, 1.165) is 16.9 Å². The Kier molecular flexibility index (Phi) is 4.32. The van der Waals surface area contributed by atoms with Crippen LogP contribution < -0.4 is 15.8 Å². The minimum atomic E-state index is -0.245. The van der Waals surface area contributed by atoms with E-state index in [0.29, 0.717) is 18.0 Å². The smallest absolute Gasteiger partial charge is 0.269 e. The summed E-state index contributed by atoms with van der Waals surface area (Å²) < 4.78 is 5.78. The molecular formula is C15H17N3O2. The molecule has 5 nitrogen and oxygen atoms in total. The average molecular weight is 271 g/mol. The lowest BCUT2D eigenvalue weighted by Gasteiger charge is -2.10. The van der Waals surface area contributed by atoms with Crippen molar-refractivity contribution in [1.29, 1.82) is 0 Å². The topological polar surface area (TPSA) is 77.2 Å². The van der Waals surface area contributed by atoms with Crippen molar-refractivity contribution >= 4 is 5.91 Å². The molecule has 1 amide bonds. The molecule has 1 aromatic heterocycles. The lowest BCUT2D eigenvalue weighted by Crippen LogP contribution is -2.18. The lowest BCUT2D eigenvalue weighted by molar-refractivity contribution is 0.0958. The Hall–Kier alpha value is -2.40. The zero-order valence-corrected chi connectivity index (χ0v) is 11.5. The van der Waals surface area contributed by atoms with Crippen molar-refractivity contribution in [2.24, 2.45) is 5.73 Å². The number of nitrogens with zero attached hydrogens (tertiary/aromatic N) is 1. The number of carbonyl (C=O) groups excluding carboxylic acids is 1. The number of benzene rings is 1. The fourth-order valence-electron chi connectivity index (χ4n) is 1.81. The molecule has 0 atom stereocenters. The Bertz CT molecular complexity index is 626. The van der Waals surface area contributed by atoms with Gasteiger partial charge in [0.05, 0.1) is 0 Å². The fourth-order valence-corrected chi connectivity index (χ4v) is 1.81. The van der Waals surface area contributed by atoms with Crippen LogP contribution in [0.25, 0.3) is 0 Å². The predicted octanol–water partition coefficient (Wildman–Crippen LogP) is 2.00. The number of hydrogen-bond donors (Lipinski definition) is 2. The number of carbonyl (C=O) groups is 1. The average Bonchev–Trinajstić information content (AvgIpc) is 2.48. The van der Waals surface area contributed by atoms with Crippen molar-refractivity contribution in [2.75, 3.05) is 7.05 Å². The lowest BCUT2D eigenvalue weighted by atomic mass is 10.1. The van der Waals surface area contributed by atoms with E-state index >= 15 is 0 Å². The number of hydrogen-bond acceptors (Lipinski definition) is 4. The van der Waals surface area contributed by atoms with Crippen molar-refractivity contribution in [1.82, 2.24) is 10.3 Å². The van der Waals surface area contributed by atoms with E-state index in [4.69, 9.17) is 10.5 Å². The third-order valence-electron chi connectivity index (χ3n) is 2.89. The maximum Gasteiger partial charge on any atom is 0.269 e. The summed E-state index contributed by atoms with van der Waals surface area (Å²) in [6.07, 6.45) is 1.55. The van der Waals surface area contributed by atoms with Crippen LogP contribution in [-0.4, -0.2) is 17.9 Å². The minimum absolute atomic E-state index is 0.245. The Morgan fingerprint density at radius 2 is 2.15 bits per heavy atom. The molecule has 104 valence electrons. The maximum absolute atomic E-state index is 11.5. The van der Waals surface area contributed by atoms with Crippen LogP contribution in [0, 0.1) is 6.92 Å². The van der Waals surface area contributed by atoms with Gasteiger partial charge in [0.25, 0.3) is 5.91 Å². The van der Waals surface area contributed by atoms with Gasteiger partial charge in [-0.2, -0.15) is 0 Å². The monoisotopic (exact) mass is 271 g/mol. The van der Waals surface area contributed by atoms with Crippen LogP contribution in [0.1, 0.15) is 21.6 Å². The van der Waals surface area contributed by atoms with Crippen molar-refractivity contribution < 1.29 is 9.53 Å². The zero-order chi connectivity index (χ0) is 14.5. The number of amides is 1. The molecule has 0 saturated heterocycles. The molecule has 0 fully saturated rings. The van der Waals surface area contributed by atoms with Gasteiger partial charge in [-0.3, -0.25) is 9.78 Å². The molecule has 0 spiro atoms. The standard InChI is InChI=1S/C15H17N3O2/c1-10-7-11(9-16)3-4-14(10)20-12-5-6-18-13(8-12)15(19)17-2/h3-8H,9,16H2,1-2H3,(H,17,19). The number of aryl methyl sites for hydroxylation is 1. The molecule has 5 heteroatoms. The van der Waals surface area contributed by atoms with Gasteiger partial charge in [0.1, 0.15) is 17.2 Å². The molecule has 0 aliphatic heterocycles. The molecule has 0 aliphatic rings. The summed E-state index contributed by atoms with van der Waals surface area (Å²) in [7, 11) is 1.56. The molecular weight excluding hydrogens is 254 g/mol. The molecule has 3 N–H and O–H groups in total. The summed E-state index contributed by atoms with van der Waals surface area (Å²) in [4.78, 5) is 15.5. The highest BCUT2D eigenvalue weighted by Crippen LogP contribution is 2.25. The summed E-state index contributed by atoms with van der Waals surface area (Å²) in [6.45, 7) is 2.45. The second-order valence-corrected chi connectivity index (χ2v) is 4.36. The highest BCUT2D eigenvalue weighted by molar-refractivity contribution is 5.92. The fraction of sp³-hybridized carbons (Fsp3) is 0.200. The number of ether oxygens (including phenoxy) is 1. The Balaban J connectivity index is 2.24. The van der Waals surface area contributed by atoms with E-state index in [1.165, 1.54) is 0 Å². The first kappa shape index (κ1) is 14.0. The molecule has 1 heterocycles. The largest absolute Gasteiger partial charge is 0.457 e. The van der Waals surface area contributed by atoms with E-state index in [-0.39, 0.29) is 5.91 Å². The normalized spacial score (nSPS) is 10.2. The number of pyridine rings is 1. The summed E-state index contributed by atoms with van der Waals surface area (Å²) in [6, 6.07) is 9.09. The molecule has 0 radical (unpaired) electrons. The van der Waals surface area contributed by atoms with Crippen LogP contribution in [0.3, 0.4) is 0 Å². The molecule has 1 aromatic carbocycles. The second kappa shape index (κ2) is 6.16. The van der Waals surface area contributed by atoms with Crippen molar-refractivity contribution in [3.8, 4) is 11.5 Å². The van der Waals surface area contributed by atoms with E-state index in [1.54, 1.807) is 25.4 Å². The van der Waals surface area contributed by atoms with Crippen molar-refractivity contribution in [3.63, 3.8) is 0 Å². The van der Waals surface area contributed by atoms with Gasteiger partial charge in [-0.05, 0) is 30.2 Å². The predicted molar refractivity (Wildman–Crippen MR) is 76.8 cm³/mol.